The van der Waals surface area contributed by atoms with Gasteiger partial charge in [0.05, 0.1) is 34.3 Å². The lowest BCUT2D eigenvalue weighted by Gasteiger charge is -2.33. The van der Waals surface area contributed by atoms with Crippen LogP contribution in [0.1, 0.15) is 12.8 Å². The third-order valence-electron chi connectivity index (χ3n) is 3.44. The van der Waals surface area contributed by atoms with Crippen molar-refractivity contribution in [3.8, 4) is 0 Å². The number of nitro groups is 1. The average Bonchev–Trinajstić information content (AvgIpc) is 2.48. The minimum absolute atomic E-state index is 0.00151. The first-order valence-electron chi connectivity index (χ1n) is 6.63. The minimum atomic E-state index is -0.452. The molecule has 8 heteroatoms. The Balaban J connectivity index is 2.12. The standard InChI is InChI=1S/C13H16Cl2N2O4/c14-10-7-12(13(17(19)20)8-11(10)15)16-3-1-9(2-4-16)21-6-5-18/h7-9,18H,1-6H2. The monoisotopic (exact) mass is 334 g/mol. The van der Waals surface area contributed by atoms with Gasteiger partial charge in [-0.2, -0.15) is 0 Å². The average molecular weight is 335 g/mol. The van der Waals surface area contributed by atoms with E-state index < -0.39 is 4.92 Å². The summed E-state index contributed by atoms with van der Waals surface area (Å²) >= 11 is 11.8. The highest BCUT2D eigenvalue weighted by atomic mass is 35.5. The van der Waals surface area contributed by atoms with Gasteiger partial charge in [-0.15, -0.1) is 0 Å². The first-order valence-corrected chi connectivity index (χ1v) is 7.39. The van der Waals surface area contributed by atoms with Crippen LogP contribution in [0.5, 0.6) is 0 Å². The molecule has 0 aromatic heterocycles. The van der Waals surface area contributed by atoms with Crippen molar-refractivity contribution in [3.05, 3.63) is 32.3 Å². The van der Waals surface area contributed by atoms with Crippen molar-refractivity contribution in [2.75, 3.05) is 31.2 Å². The number of nitrogens with zero attached hydrogens (tertiary/aromatic N) is 2. The van der Waals surface area contributed by atoms with E-state index in [1.54, 1.807) is 0 Å². The fourth-order valence-corrected chi connectivity index (χ4v) is 2.72. The van der Waals surface area contributed by atoms with Crippen LogP contribution < -0.4 is 4.90 Å². The van der Waals surface area contributed by atoms with E-state index in [-0.39, 0.29) is 23.4 Å². The van der Waals surface area contributed by atoms with Crippen LogP contribution in [0.4, 0.5) is 11.4 Å². The Hall–Kier alpha value is -1.08. The molecule has 0 unspecified atom stereocenters. The van der Waals surface area contributed by atoms with Crippen LogP contribution in [-0.4, -0.2) is 42.4 Å². The van der Waals surface area contributed by atoms with E-state index in [4.69, 9.17) is 33.0 Å². The number of hydrogen-bond acceptors (Lipinski definition) is 5. The van der Waals surface area contributed by atoms with Gasteiger partial charge < -0.3 is 14.7 Å². The summed E-state index contributed by atoms with van der Waals surface area (Å²) in [7, 11) is 0. The van der Waals surface area contributed by atoms with E-state index in [0.717, 1.165) is 12.8 Å². The van der Waals surface area contributed by atoms with E-state index >= 15 is 0 Å². The molecule has 1 aromatic carbocycles. The summed E-state index contributed by atoms with van der Waals surface area (Å²) < 4.78 is 5.48. The molecule has 0 bridgehead atoms. The van der Waals surface area contributed by atoms with Gasteiger partial charge in [0, 0.05) is 19.2 Å². The summed E-state index contributed by atoms with van der Waals surface area (Å²) in [6.45, 7) is 1.58. The molecule has 2 rings (SSSR count). The van der Waals surface area contributed by atoms with Gasteiger partial charge in [-0.1, -0.05) is 23.2 Å². The van der Waals surface area contributed by atoms with E-state index in [9.17, 15) is 10.1 Å². The highest BCUT2D eigenvalue weighted by Crippen LogP contribution is 2.37. The van der Waals surface area contributed by atoms with Crippen molar-refractivity contribution in [3.63, 3.8) is 0 Å². The Bertz CT molecular complexity index is 519. The van der Waals surface area contributed by atoms with E-state index in [1.807, 2.05) is 4.90 Å². The molecule has 1 aromatic rings. The highest BCUT2D eigenvalue weighted by molar-refractivity contribution is 6.42. The van der Waals surface area contributed by atoms with E-state index in [1.165, 1.54) is 12.1 Å². The number of hydrogen-bond donors (Lipinski definition) is 1. The number of piperidine rings is 1. The molecule has 0 spiro atoms. The Morgan fingerprint density at radius 3 is 2.52 bits per heavy atom. The van der Waals surface area contributed by atoms with Crippen LogP contribution in [0.25, 0.3) is 0 Å². The third kappa shape index (κ3) is 3.97. The lowest BCUT2D eigenvalue weighted by molar-refractivity contribution is -0.384. The maximum Gasteiger partial charge on any atom is 0.294 e. The third-order valence-corrected chi connectivity index (χ3v) is 4.16. The number of benzene rings is 1. The molecule has 0 atom stereocenters. The fourth-order valence-electron chi connectivity index (χ4n) is 2.41. The largest absolute Gasteiger partial charge is 0.394 e. The number of anilines is 1. The second kappa shape index (κ2) is 7.26. The molecule has 1 aliphatic rings. The molecule has 1 fully saturated rings. The molecule has 0 radical (unpaired) electrons. The molecule has 1 aliphatic heterocycles. The van der Waals surface area contributed by atoms with Crippen molar-refractivity contribution in [1.82, 2.24) is 0 Å². The van der Waals surface area contributed by atoms with Crippen molar-refractivity contribution >= 4 is 34.6 Å². The Morgan fingerprint density at radius 2 is 1.95 bits per heavy atom. The molecular formula is C13H16Cl2N2O4. The second-order valence-electron chi connectivity index (χ2n) is 4.79. The number of aliphatic hydroxyl groups is 1. The highest BCUT2D eigenvalue weighted by Gasteiger charge is 2.26. The van der Waals surface area contributed by atoms with Gasteiger partial charge in [0.15, 0.2) is 0 Å². The first kappa shape index (κ1) is 16.3. The van der Waals surface area contributed by atoms with Crippen molar-refractivity contribution in [2.24, 2.45) is 0 Å². The molecule has 0 aliphatic carbocycles. The van der Waals surface area contributed by atoms with Gasteiger partial charge in [-0.3, -0.25) is 10.1 Å². The molecule has 6 nitrogen and oxygen atoms in total. The van der Waals surface area contributed by atoms with Gasteiger partial charge >= 0.3 is 0 Å². The van der Waals surface area contributed by atoms with Crippen molar-refractivity contribution < 1.29 is 14.8 Å². The minimum Gasteiger partial charge on any atom is -0.394 e. The number of rotatable bonds is 5. The topological polar surface area (TPSA) is 75.8 Å². The Morgan fingerprint density at radius 1 is 1.33 bits per heavy atom. The van der Waals surface area contributed by atoms with Crippen LogP contribution in [-0.2, 0) is 4.74 Å². The SMILES string of the molecule is O=[N+]([O-])c1cc(Cl)c(Cl)cc1N1CCC(OCCO)CC1. The van der Waals surface area contributed by atoms with Crippen LogP contribution in [0.15, 0.2) is 12.1 Å². The Labute approximate surface area is 132 Å². The molecule has 0 amide bonds. The predicted molar refractivity (Wildman–Crippen MR) is 81.4 cm³/mol. The quantitative estimate of drug-likeness (QED) is 0.661. The van der Waals surface area contributed by atoms with E-state index in [2.05, 4.69) is 0 Å². The number of halogens is 2. The molecule has 116 valence electrons. The molecule has 21 heavy (non-hydrogen) atoms. The molecule has 1 N–H and O–H groups in total. The van der Waals surface area contributed by atoms with Crippen LogP contribution in [0, 0.1) is 10.1 Å². The maximum absolute atomic E-state index is 11.2. The number of aliphatic hydroxyl groups excluding tert-OH is 1. The number of ether oxygens (including phenoxy) is 1. The van der Waals surface area contributed by atoms with Gasteiger partial charge in [0.1, 0.15) is 5.69 Å². The summed E-state index contributed by atoms with van der Waals surface area (Å²) in [6.07, 6.45) is 1.57. The molecule has 1 heterocycles. The van der Waals surface area contributed by atoms with Gasteiger partial charge in [-0.05, 0) is 18.9 Å². The second-order valence-corrected chi connectivity index (χ2v) is 5.61. The van der Waals surface area contributed by atoms with Crippen LogP contribution >= 0.6 is 23.2 Å². The fraction of sp³-hybridized carbons (Fsp3) is 0.538. The van der Waals surface area contributed by atoms with Crippen LogP contribution in [0.2, 0.25) is 10.0 Å². The Kier molecular flexibility index (Phi) is 5.64. The summed E-state index contributed by atoms with van der Waals surface area (Å²) in [6, 6.07) is 2.82. The number of nitro benzene ring substituents is 1. The normalized spacial score (nSPS) is 16.2. The first-order chi connectivity index (χ1) is 10.0. The zero-order valence-electron chi connectivity index (χ0n) is 11.3. The van der Waals surface area contributed by atoms with Gasteiger partial charge in [0.2, 0.25) is 0 Å². The summed E-state index contributed by atoms with van der Waals surface area (Å²) in [5, 5.41) is 20.4. The summed E-state index contributed by atoms with van der Waals surface area (Å²) in [4.78, 5) is 12.6. The van der Waals surface area contributed by atoms with E-state index in [0.29, 0.717) is 30.4 Å². The lowest BCUT2D eigenvalue weighted by atomic mass is 10.1. The van der Waals surface area contributed by atoms with Gasteiger partial charge in [-0.25, -0.2) is 0 Å². The summed E-state index contributed by atoms with van der Waals surface area (Å²) in [5.74, 6) is 0. The molecular weight excluding hydrogens is 319 g/mol. The summed E-state index contributed by atoms with van der Waals surface area (Å²) in [5.41, 5.74) is 0.439. The van der Waals surface area contributed by atoms with Crippen molar-refractivity contribution in [2.45, 2.75) is 18.9 Å². The maximum atomic E-state index is 11.2. The smallest absolute Gasteiger partial charge is 0.294 e. The molecule has 0 saturated carbocycles. The zero-order chi connectivity index (χ0) is 15.4. The zero-order valence-corrected chi connectivity index (χ0v) is 12.8. The van der Waals surface area contributed by atoms with Gasteiger partial charge in [0.25, 0.3) is 5.69 Å². The van der Waals surface area contributed by atoms with Crippen molar-refractivity contribution in [1.29, 1.82) is 0 Å². The predicted octanol–water partition coefficient (Wildman–Crippen LogP) is 2.88. The lowest BCUT2D eigenvalue weighted by Crippen LogP contribution is -2.37. The van der Waals surface area contributed by atoms with Crippen LogP contribution in [0.3, 0.4) is 0 Å². The molecule has 1 saturated heterocycles.